The molecule has 0 saturated carbocycles. The molecule has 0 bridgehead atoms. The number of Topliss-reactive ketones (excluding diaryl/α,β-unsaturated/α-hetero) is 1. The van der Waals surface area contributed by atoms with Gasteiger partial charge in [-0.3, -0.25) is 4.79 Å². The fourth-order valence-corrected chi connectivity index (χ4v) is 1.97. The second-order valence-electron chi connectivity index (χ2n) is 6.22. The van der Waals surface area contributed by atoms with Crippen LogP contribution < -0.4 is 5.32 Å². The molecule has 0 radical (unpaired) electrons. The highest BCUT2D eigenvalue weighted by atomic mass is 16.1. The summed E-state index contributed by atoms with van der Waals surface area (Å²) in [5.41, 5.74) is 2.19. The summed E-state index contributed by atoms with van der Waals surface area (Å²) in [7, 11) is 0. The van der Waals surface area contributed by atoms with Crippen LogP contribution in [0, 0.1) is 0 Å². The first-order valence-electron chi connectivity index (χ1n) is 7.24. The second-order valence-corrected chi connectivity index (χ2v) is 6.22. The highest BCUT2D eigenvalue weighted by Crippen LogP contribution is 2.22. The first-order chi connectivity index (χ1) is 8.86. The van der Waals surface area contributed by atoms with Crippen LogP contribution in [0.5, 0.6) is 0 Å². The fraction of sp³-hybridized carbons (Fsp3) is 0.588. The molecular weight excluding hydrogens is 234 g/mol. The van der Waals surface area contributed by atoms with Gasteiger partial charge in [0, 0.05) is 5.56 Å². The van der Waals surface area contributed by atoms with E-state index in [1.165, 1.54) is 5.56 Å². The first kappa shape index (κ1) is 15.9. The molecule has 0 aliphatic rings. The number of nitrogens with one attached hydrogen (secondary N) is 1. The van der Waals surface area contributed by atoms with Gasteiger partial charge in [-0.1, -0.05) is 58.4 Å². The third kappa shape index (κ3) is 4.79. The Balaban J connectivity index is 2.67. The number of unbranched alkanes of at least 4 members (excludes halogenated alkanes) is 1. The lowest BCUT2D eigenvalue weighted by molar-refractivity contribution is 0.0951. The minimum Gasteiger partial charge on any atom is -0.307 e. The maximum absolute atomic E-state index is 12.2. The van der Waals surface area contributed by atoms with Crippen LogP contribution in [0.3, 0.4) is 0 Å². The van der Waals surface area contributed by atoms with E-state index in [-0.39, 0.29) is 17.2 Å². The summed E-state index contributed by atoms with van der Waals surface area (Å²) in [5.74, 6) is 0.177. The molecule has 0 aliphatic carbocycles. The van der Waals surface area contributed by atoms with E-state index in [9.17, 15) is 4.79 Å². The van der Waals surface area contributed by atoms with Crippen LogP contribution in [-0.2, 0) is 5.41 Å². The van der Waals surface area contributed by atoms with Gasteiger partial charge in [0.15, 0.2) is 5.78 Å². The number of carbonyl (C=O) groups is 1. The molecule has 0 aromatic heterocycles. The van der Waals surface area contributed by atoms with Gasteiger partial charge < -0.3 is 5.32 Å². The Kier molecular flexibility index (Phi) is 5.74. The van der Waals surface area contributed by atoms with Gasteiger partial charge in [-0.25, -0.2) is 0 Å². The van der Waals surface area contributed by atoms with Crippen molar-refractivity contribution in [2.24, 2.45) is 0 Å². The van der Waals surface area contributed by atoms with Gasteiger partial charge in [-0.15, -0.1) is 0 Å². The lowest BCUT2D eigenvalue weighted by atomic mass is 9.86. The van der Waals surface area contributed by atoms with Crippen molar-refractivity contribution < 1.29 is 4.79 Å². The van der Waals surface area contributed by atoms with E-state index >= 15 is 0 Å². The van der Waals surface area contributed by atoms with Crippen molar-refractivity contribution in [1.82, 2.24) is 5.32 Å². The Morgan fingerprint density at radius 2 is 1.79 bits per heavy atom. The molecule has 0 saturated heterocycles. The summed E-state index contributed by atoms with van der Waals surface area (Å²) in [6, 6.07) is 7.91. The average Bonchev–Trinajstić information content (AvgIpc) is 2.37. The van der Waals surface area contributed by atoms with Crippen molar-refractivity contribution in [2.45, 2.75) is 58.9 Å². The van der Waals surface area contributed by atoms with Gasteiger partial charge >= 0.3 is 0 Å². The van der Waals surface area contributed by atoms with Crippen LogP contribution in [0.4, 0.5) is 0 Å². The summed E-state index contributed by atoms with van der Waals surface area (Å²) in [4.78, 5) is 12.2. The number of benzene rings is 1. The quantitative estimate of drug-likeness (QED) is 0.620. The van der Waals surface area contributed by atoms with E-state index in [1.54, 1.807) is 0 Å². The third-order valence-corrected chi connectivity index (χ3v) is 3.41. The topological polar surface area (TPSA) is 29.1 Å². The minimum absolute atomic E-state index is 0.105. The van der Waals surface area contributed by atoms with Gasteiger partial charge in [0.05, 0.1) is 6.04 Å². The summed E-state index contributed by atoms with van der Waals surface area (Å²) >= 11 is 0. The van der Waals surface area contributed by atoms with Crippen molar-refractivity contribution in [3.63, 3.8) is 0 Å². The zero-order valence-electron chi connectivity index (χ0n) is 12.9. The number of rotatable bonds is 6. The van der Waals surface area contributed by atoms with Crippen molar-refractivity contribution in [3.05, 3.63) is 35.4 Å². The predicted octanol–water partition coefficient (Wildman–Crippen LogP) is 3.95. The summed E-state index contributed by atoms with van der Waals surface area (Å²) in [6.45, 7) is 11.5. The molecular formula is C17H27NO. The molecule has 1 rings (SSSR count). The van der Waals surface area contributed by atoms with Crippen molar-refractivity contribution in [1.29, 1.82) is 0 Å². The fourth-order valence-electron chi connectivity index (χ4n) is 1.97. The standard InChI is InChI=1S/C17H27NO/c1-6-7-12-18-13(2)16(19)14-8-10-15(11-9-14)17(3,4)5/h8-11,13,18H,6-7,12H2,1-5H3. The molecule has 1 unspecified atom stereocenters. The summed E-state index contributed by atoms with van der Waals surface area (Å²) < 4.78 is 0. The smallest absolute Gasteiger partial charge is 0.179 e. The van der Waals surface area contributed by atoms with Crippen LogP contribution in [0.2, 0.25) is 0 Å². The molecule has 0 aliphatic heterocycles. The van der Waals surface area contributed by atoms with Gasteiger partial charge in [0.1, 0.15) is 0 Å². The van der Waals surface area contributed by atoms with Crippen LogP contribution in [0.25, 0.3) is 0 Å². The molecule has 1 N–H and O–H groups in total. The lowest BCUT2D eigenvalue weighted by Crippen LogP contribution is -2.34. The molecule has 0 fully saturated rings. The number of ketones is 1. The lowest BCUT2D eigenvalue weighted by Gasteiger charge is -2.19. The van der Waals surface area contributed by atoms with Gasteiger partial charge in [0.25, 0.3) is 0 Å². The molecule has 19 heavy (non-hydrogen) atoms. The Morgan fingerprint density at radius 1 is 1.21 bits per heavy atom. The van der Waals surface area contributed by atoms with E-state index < -0.39 is 0 Å². The van der Waals surface area contributed by atoms with E-state index in [0.29, 0.717) is 0 Å². The highest BCUT2D eigenvalue weighted by Gasteiger charge is 2.17. The molecule has 0 amide bonds. The van der Waals surface area contributed by atoms with Gasteiger partial charge in [-0.2, -0.15) is 0 Å². The SMILES string of the molecule is CCCCNC(C)C(=O)c1ccc(C(C)(C)C)cc1. The Morgan fingerprint density at radius 3 is 2.26 bits per heavy atom. The van der Waals surface area contributed by atoms with E-state index in [1.807, 2.05) is 19.1 Å². The molecule has 106 valence electrons. The highest BCUT2D eigenvalue weighted by molar-refractivity contribution is 5.99. The monoisotopic (exact) mass is 261 g/mol. The third-order valence-electron chi connectivity index (χ3n) is 3.41. The number of hydrogen-bond acceptors (Lipinski definition) is 2. The van der Waals surface area contributed by atoms with Gasteiger partial charge in [-0.05, 0) is 30.9 Å². The van der Waals surface area contributed by atoms with Crippen molar-refractivity contribution in [2.75, 3.05) is 6.54 Å². The second kappa shape index (κ2) is 6.85. The van der Waals surface area contributed by atoms with E-state index in [4.69, 9.17) is 0 Å². The van der Waals surface area contributed by atoms with Crippen LogP contribution >= 0.6 is 0 Å². The van der Waals surface area contributed by atoms with E-state index in [0.717, 1.165) is 24.9 Å². The zero-order chi connectivity index (χ0) is 14.5. The molecule has 1 aromatic rings. The molecule has 0 heterocycles. The number of carbonyl (C=O) groups excluding carboxylic acids is 1. The Labute approximate surface area is 117 Å². The molecule has 1 aromatic carbocycles. The molecule has 2 nitrogen and oxygen atoms in total. The van der Waals surface area contributed by atoms with Crippen LogP contribution in [-0.4, -0.2) is 18.4 Å². The van der Waals surface area contributed by atoms with E-state index in [2.05, 4.69) is 45.1 Å². The average molecular weight is 261 g/mol. The Bertz CT molecular complexity index is 400. The predicted molar refractivity (Wildman–Crippen MR) is 81.8 cm³/mol. The largest absolute Gasteiger partial charge is 0.307 e. The van der Waals surface area contributed by atoms with Gasteiger partial charge in [0.2, 0.25) is 0 Å². The van der Waals surface area contributed by atoms with Crippen molar-refractivity contribution >= 4 is 5.78 Å². The number of hydrogen-bond donors (Lipinski definition) is 1. The minimum atomic E-state index is -0.105. The Hall–Kier alpha value is -1.15. The molecule has 1 atom stereocenters. The molecule has 2 heteroatoms. The maximum Gasteiger partial charge on any atom is 0.179 e. The maximum atomic E-state index is 12.2. The zero-order valence-corrected chi connectivity index (χ0v) is 12.9. The van der Waals surface area contributed by atoms with Crippen LogP contribution in [0.1, 0.15) is 63.4 Å². The summed E-state index contributed by atoms with van der Waals surface area (Å²) in [5, 5.41) is 3.28. The van der Waals surface area contributed by atoms with Crippen LogP contribution in [0.15, 0.2) is 24.3 Å². The summed E-state index contributed by atoms with van der Waals surface area (Å²) in [6.07, 6.45) is 2.26. The molecule has 0 spiro atoms. The van der Waals surface area contributed by atoms with Crippen molar-refractivity contribution in [3.8, 4) is 0 Å². The normalized spacial score (nSPS) is 13.3. The first-order valence-corrected chi connectivity index (χ1v) is 7.24.